The smallest absolute Gasteiger partial charge is 0.135 e. The summed E-state index contributed by atoms with van der Waals surface area (Å²) in [6.07, 6.45) is 5.84. The molecule has 0 aliphatic carbocycles. The van der Waals surface area contributed by atoms with Gasteiger partial charge in [-0.3, -0.25) is 0 Å². The maximum Gasteiger partial charge on any atom is 0.135 e. The summed E-state index contributed by atoms with van der Waals surface area (Å²) in [5.74, 6) is 2.06. The van der Waals surface area contributed by atoms with E-state index in [0.717, 1.165) is 76.1 Å². The van der Waals surface area contributed by atoms with Crippen LogP contribution in [0, 0.1) is 18.8 Å². The van der Waals surface area contributed by atoms with Crippen LogP contribution in [0.3, 0.4) is 0 Å². The van der Waals surface area contributed by atoms with Gasteiger partial charge in [-0.15, -0.1) is 48.1 Å². The predicted molar refractivity (Wildman–Crippen MR) is 317 cm³/mol. The van der Waals surface area contributed by atoms with Gasteiger partial charge in [-0.25, -0.2) is 4.98 Å². The Bertz CT molecular complexity index is 3680. The Morgan fingerprint density at radius 3 is 1.66 bits per heavy atom. The normalized spacial score (nSPS) is 13.0. The van der Waals surface area contributed by atoms with Crippen molar-refractivity contribution in [1.29, 1.82) is 0 Å². The molecular formula is C71H69N4OPt-3. The molecule has 10 aromatic rings. The van der Waals surface area contributed by atoms with Crippen LogP contribution < -0.4 is 14.5 Å². The number of ether oxygens (including phenoxy) is 1. The third-order valence-electron chi connectivity index (χ3n) is 16.9. The van der Waals surface area contributed by atoms with Crippen molar-refractivity contribution in [3.63, 3.8) is 0 Å². The molecule has 77 heavy (non-hydrogen) atoms. The quantitative estimate of drug-likeness (QED) is 0.0958. The Morgan fingerprint density at radius 2 is 1.04 bits per heavy atom. The van der Waals surface area contributed by atoms with Gasteiger partial charge in [0.1, 0.15) is 5.82 Å². The molecule has 0 N–H and O–H groups in total. The maximum absolute atomic E-state index is 6.84. The molecule has 8 aromatic carbocycles. The molecule has 0 bridgehead atoms. The molecule has 1 aliphatic heterocycles. The summed E-state index contributed by atoms with van der Waals surface area (Å²) in [7, 11) is 0. The molecule has 0 saturated carbocycles. The molecule has 2 aromatic heterocycles. The summed E-state index contributed by atoms with van der Waals surface area (Å²) < 4.78 is 9.11. The number of fused-ring (bicyclic) bond motifs is 4. The summed E-state index contributed by atoms with van der Waals surface area (Å²) in [5.41, 5.74) is 14.6. The molecule has 392 valence electrons. The van der Waals surface area contributed by atoms with E-state index < -0.39 is 0 Å². The zero-order valence-electron chi connectivity index (χ0n) is 46.0. The molecule has 11 rings (SSSR count). The number of nitrogens with zero attached hydrogens (tertiary/aromatic N) is 4. The van der Waals surface area contributed by atoms with Gasteiger partial charge in [0.25, 0.3) is 0 Å². The fourth-order valence-electron chi connectivity index (χ4n) is 12.2. The third kappa shape index (κ3) is 9.50. The fourth-order valence-corrected chi connectivity index (χ4v) is 12.2. The molecule has 0 amide bonds. The second-order valence-corrected chi connectivity index (χ2v) is 22.2. The Labute approximate surface area is 471 Å². The second-order valence-electron chi connectivity index (χ2n) is 22.2. The van der Waals surface area contributed by atoms with Crippen LogP contribution in [-0.2, 0) is 42.7 Å². The minimum absolute atomic E-state index is 0. The van der Waals surface area contributed by atoms with Gasteiger partial charge in [0.2, 0.25) is 0 Å². The molecule has 5 nitrogen and oxygen atoms in total. The SMILES string of the molecule is CCC(CC)(c1ccccc1)c1cc(N2[CH-]N(c3[c-]c(Oc4[c-]c5c(cc4)c4cc(C(C)(C)C)ccc4n5-c4cc(C(CC)(CC)c5ccccc5)ccn4)ccc3)c3ccccc32)cc(C(C)(C)c2ccccc2)c1.[Pt]. The van der Waals surface area contributed by atoms with E-state index in [2.05, 4.69) is 277 Å². The van der Waals surface area contributed by atoms with Gasteiger partial charge >= 0.3 is 0 Å². The van der Waals surface area contributed by atoms with Crippen molar-refractivity contribution in [2.45, 2.75) is 110 Å². The summed E-state index contributed by atoms with van der Waals surface area (Å²) in [6, 6.07) is 78.0. The van der Waals surface area contributed by atoms with Gasteiger partial charge in [-0.05, 0) is 118 Å². The first kappa shape index (κ1) is 53.2. The van der Waals surface area contributed by atoms with Crippen molar-refractivity contribution < 1.29 is 25.8 Å². The van der Waals surface area contributed by atoms with Gasteiger partial charge in [0, 0.05) is 77.6 Å². The van der Waals surface area contributed by atoms with E-state index in [9.17, 15) is 0 Å². The van der Waals surface area contributed by atoms with Crippen LogP contribution >= 0.6 is 0 Å². The van der Waals surface area contributed by atoms with Crippen LogP contribution in [0.1, 0.15) is 127 Å². The molecule has 6 heteroatoms. The first-order chi connectivity index (χ1) is 36.8. The van der Waals surface area contributed by atoms with Crippen LogP contribution in [0.5, 0.6) is 11.5 Å². The van der Waals surface area contributed by atoms with E-state index >= 15 is 0 Å². The zero-order chi connectivity index (χ0) is 52.8. The van der Waals surface area contributed by atoms with Gasteiger partial charge in [0.05, 0.1) is 0 Å². The molecule has 0 fully saturated rings. The Hall–Kier alpha value is -7.20. The number of rotatable bonds is 15. The monoisotopic (exact) mass is 1190 g/mol. The van der Waals surface area contributed by atoms with Crippen LogP contribution in [0.15, 0.2) is 200 Å². The first-order valence-electron chi connectivity index (χ1n) is 27.3. The van der Waals surface area contributed by atoms with E-state index in [1.165, 1.54) is 38.9 Å². The summed E-state index contributed by atoms with van der Waals surface area (Å²) in [5, 5.41) is 2.26. The second kappa shape index (κ2) is 21.3. The molecule has 0 radical (unpaired) electrons. The van der Waals surface area contributed by atoms with Crippen LogP contribution in [0.25, 0.3) is 27.6 Å². The van der Waals surface area contributed by atoms with Crippen molar-refractivity contribution in [2.75, 3.05) is 9.80 Å². The van der Waals surface area contributed by atoms with Crippen molar-refractivity contribution in [3.05, 3.63) is 258 Å². The molecule has 3 heterocycles. The van der Waals surface area contributed by atoms with Gasteiger partial charge in [-0.2, -0.15) is 12.1 Å². The van der Waals surface area contributed by atoms with Gasteiger partial charge in [-0.1, -0.05) is 189 Å². The average Bonchev–Trinajstić information content (AvgIpc) is 4.06. The summed E-state index contributed by atoms with van der Waals surface area (Å²) in [4.78, 5) is 9.69. The van der Waals surface area contributed by atoms with Crippen LogP contribution in [0.2, 0.25) is 0 Å². The molecule has 0 unspecified atom stereocenters. The summed E-state index contributed by atoms with van der Waals surface area (Å²) >= 11 is 0. The van der Waals surface area contributed by atoms with E-state index in [1.807, 2.05) is 18.3 Å². The van der Waals surface area contributed by atoms with Crippen molar-refractivity contribution >= 4 is 44.6 Å². The number of benzene rings is 8. The largest absolute Gasteiger partial charge is 0.509 e. The van der Waals surface area contributed by atoms with E-state index in [0.29, 0.717) is 11.5 Å². The number of aromatic nitrogens is 2. The van der Waals surface area contributed by atoms with E-state index in [-0.39, 0.29) is 42.7 Å². The van der Waals surface area contributed by atoms with Crippen molar-refractivity contribution in [2.24, 2.45) is 0 Å². The maximum atomic E-state index is 6.84. The fraction of sp³-hybridized carbons (Fsp3) is 0.239. The topological polar surface area (TPSA) is 33.5 Å². The Kier molecular flexibility index (Phi) is 14.7. The van der Waals surface area contributed by atoms with Crippen LogP contribution in [0.4, 0.5) is 22.7 Å². The van der Waals surface area contributed by atoms with Gasteiger partial charge in [0.15, 0.2) is 0 Å². The van der Waals surface area contributed by atoms with Crippen LogP contribution in [-0.4, -0.2) is 9.55 Å². The number of anilines is 4. The molecule has 1 aliphatic rings. The van der Waals surface area contributed by atoms with E-state index in [4.69, 9.17) is 9.72 Å². The van der Waals surface area contributed by atoms with E-state index in [1.54, 1.807) is 0 Å². The summed E-state index contributed by atoms with van der Waals surface area (Å²) in [6.45, 7) is 23.0. The zero-order valence-corrected chi connectivity index (χ0v) is 48.2. The number of hydrogen-bond donors (Lipinski definition) is 0. The Balaban J connectivity index is 0.00000672. The van der Waals surface area contributed by atoms with Crippen molar-refractivity contribution in [3.8, 4) is 17.3 Å². The number of hydrogen-bond acceptors (Lipinski definition) is 4. The molecule has 0 spiro atoms. The molecule has 0 atom stereocenters. The number of pyridine rings is 1. The standard InChI is InChI=1S/C71H69N4O.Pt/c1-10-70(11-2,51-28-19-15-20-29-51)54-40-41-72-67(46-54)75-63-39-36-53(68(5,6)7)45-62(63)61-38-37-60(48-66(61)75)76-59-33-25-32-57(47-59)73-49-74(65-35-24-23-34-64(65)73)58-43-55(69(8,9)50-26-17-14-18-27-50)42-56(44-58)71(12-3,13-4)52-30-21-16-22-31-52;/h14-46,49H,10-13H2,1-9H3;/q-3;. The minimum atomic E-state index is -0.267. The predicted octanol–water partition coefficient (Wildman–Crippen LogP) is 18.8. The van der Waals surface area contributed by atoms with Crippen molar-refractivity contribution in [1.82, 2.24) is 9.55 Å². The minimum Gasteiger partial charge on any atom is -0.509 e. The average molecular weight is 1190 g/mol. The van der Waals surface area contributed by atoms with Gasteiger partial charge < -0.3 is 19.1 Å². The molecule has 0 saturated heterocycles. The third-order valence-corrected chi connectivity index (χ3v) is 16.9. The number of para-hydroxylation sites is 2. The first-order valence-corrected chi connectivity index (χ1v) is 27.3. The Morgan fingerprint density at radius 1 is 0.468 bits per heavy atom. The molecular weight excluding hydrogens is 1120 g/mol.